The van der Waals surface area contributed by atoms with Crippen molar-refractivity contribution in [2.45, 2.75) is 0 Å². The SMILES string of the molecule is COc1cccc(C(=O)N(/N=C/c2coc3ccccc3c2=O)c2nc3ccc(Br)cc3s2)c1OC. The van der Waals surface area contributed by atoms with Crippen molar-refractivity contribution in [3.63, 3.8) is 0 Å². The van der Waals surface area contributed by atoms with Crippen molar-refractivity contribution >= 4 is 65.7 Å². The van der Waals surface area contributed by atoms with Gasteiger partial charge in [-0.2, -0.15) is 10.1 Å². The van der Waals surface area contributed by atoms with Crippen molar-refractivity contribution in [2.75, 3.05) is 19.2 Å². The highest BCUT2D eigenvalue weighted by atomic mass is 79.9. The second-order valence-electron chi connectivity index (χ2n) is 7.53. The molecule has 1 amide bonds. The lowest BCUT2D eigenvalue weighted by molar-refractivity contribution is 0.0984. The maximum absolute atomic E-state index is 13.8. The number of carbonyl (C=O) groups excluding carboxylic acids is 1. The van der Waals surface area contributed by atoms with E-state index in [-0.39, 0.29) is 22.3 Å². The maximum Gasteiger partial charge on any atom is 0.284 e. The number of anilines is 1. The van der Waals surface area contributed by atoms with Crippen LogP contribution in [-0.4, -0.2) is 31.3 Å². The third-order valence-corrected chi connectivity index (χ3v) is 6.85. The topological polar surface area (TPSA) is 94.2 Å². The fourth-order valence-corrected chi connectivity index (χ4v) is 5.11. The van der Waals surface area contributed by atoms with Gasteiger partial charge < -0.3 is 13.9 Å². The Bertz CT molecular complexity index is 1690. The molecule has 0 bridgehead atoms. The Morgan fingerprint density at radius 2 is 1.94 bits per heavy atom. The number of carbonyl (C=O) groups is 1. The predicted molar refractivity (Wildman–Crippen MR) is 144 cm³/mol. The lowest BCUT2D eigenvalue weighted by Crippen LogP contribution is -2.26. The number of fused-ring (bicyclic) bond motifs is 2. The first-order valence-electron chi connectivity index (χ1n) is 10.7. The molecule has 0 aliphatic carbocycles. The minimum atomic E-state index is -0.509. The molecule has 180 valence electrons. The third-order valence-electron chi connectivity index (χ3n) is 5.37. The van der Waals surface area contributed by atoms with E-state index in [0.717, 1.165) is 14.2 Å². The fourth-order valence-electron chi connectivity index (χ4n) is 3.64. The number of para-hydroxylation sites is 2. The molecule has 0 saturated heterocycles. The van der Waals surface area contributed by atoms with E-state index in [2.05, 4.69) is 26.0 Å². The number of hydrazone groups is 1. The molecular formula is C26H18BrN3O5S. The molecule has 0 saturated carbocycles. The van der Waals surface area contributed by atoms with Crippen LogP contribution >= 0.6 is 27.3 Å². The summed E-state index contributed by atoms with van der Waals surface area (Å²) in [4.78, 5) is 31.4. The van der Waals surface area contributed by atoms with Gasteiger partial charge in [-0.05, 0) is 42.5 Å². The lowest BCUT2D eigenvalue weighted by atomic mass is 10.1. The minimum Gasteiger partial charge on any atom is -0.493 e. The van der Waals surface area contributed by atoms with Crippen LogP contribution in [0.25, 0.3) is 21.2 Å². The Labute approximate surface area is 217 Å². The van der Waals surface area contributed by atoms with E-state index in [0.29, 0.717) is 27.4 Å². The molecule has 0 spiro atoms. The van der Waals surface area contributed by atoms with Gasteiger partial charge in [-0.15, -0.1) is 0 Å². The molecule has 0 radical (unpaired) electrons. The van der Waals surface area contributed by atoms with E-state index in [1.165, 1.54) is 38.0 Å². The molecule has 0 aliphatic heterocycles. The highest BCUT2D eigenvalue weighted by molar-refractivity contribution is 9.10. The summed E-state index contributed by atoms with van der Waals surface area (Å²) in [6, 6.07) is 17.5. The van der Waals surface area contributed by atoms with Gasteiger partial charge in [-0.1, -0.05) is 45.5 Å². The molecule has 8 nitrogen and oxygen atoms in total. The van der Waals surface area contributed by atoms with Crippen LogP contribution in [0.15, 0.2) is 85.7 Å². The monoisotopic (exact) mass is 563 g/mol. The number of methoxy groups -OCH3 is 2. The van der Waals surface area contributed by atoms with E-state index in [1.807, 2.05) is 18.2 Å². The van der Waals surface area contributed by atoms with Crippen LogP contribution in [0.2, 0.25) is 0 Å². The summed E-state index contributed by atoms with van der Waals surface area (Å²) in [5.74, 6) is 0.153. The quantitative estimate of drug-likeness (QED) is 0.189. The smallest absolute Gasteiger partial charge is 0.284 e. The fraction of sp³-hybridized carbons (Fsp3) is 0.0769. The molecule has 10 heteroatoms. The normalized spacial score (nSPS) is 11.3. The van der Waals surface area contributed by atoms with Gasteiger partial charge in [0, 0.05) is 4.47 Å². The van der Waals surface area contributed by atoms with Crippen molar-refractivity contribution < 1.29 is 18.7 Å². The standard InChI is InChI=1S/C26H18BrN3O5S/c1-33-21-9-5-7-18(24(21)34-2)25(32)30(26-29-19-11-10-16(27)12-22(19)36-26)28-13-15-14-35-20-8-4-3-6-17(20)23(15)31/h3-14H,1-2H3/b28-13+. The number of thiazole rings is 1. The summed E-state index contributed by atoms with van der Waals surface area (Å²) < 4.78 is 18.1. The molecule has 2 aromatic heterocycles. The van der Waals surface area contributed by atoms with Gasteiger partial charge in [-0.3, -0.25) is 9.59 Å². The van der Waals surface area contributed by atoms with E-state index in [1.54, 1.807) is 42.5 Å². The van der Waals surface area contributed by atoms with Crippen molar-refractivity contribution in [3.8, 4) is 11.5 Å². The summed E-state index contributed by atoms with van der Waals surface area (Å²) in [5, 5.41) is 6.27. The van der Waals surface area contributed by atoms with Crippen LogP contribution in [0.3, 0.4) is 0 Å². The molecule has 0 fully saturated rings. The van der Waals surface area contributed by atoms with Crippen LogP contribution in [-0.2, 0) is 0 Å². The van der Waals surface area contributed by atoms with Gasteiger partial charge >= 0.3 is 0 Å². The molecule has 2 heterocycles. The Balaban J connectivity index is 1.64. The van der Waals surface area contributed by atoms with Crippen LogP contribution in [0.5, 0.6) is 11.5 Å². The second kappa shape index (κ2) is 9.92. The summed E-state index contributed by atoms with van der Waals surface area (Å²) in [6.07, 6.45) is 2.61. The maximum atomic E-state index is 13.8. The molecule has 0 aliphatic rings. The van der Waals surface area contributed by atoms with Gasteiger partial charge in [0.15, 0.2) is 11.5 Å². The number of amides is 1. The molecule has 5 aromatic rings. The molecule has 0 N–H and O–H groups in total. The lowest BCUT2D eigenvalue weighted by Gasteiger charge is -2.17. The van der Waals surface area contributed by atoms with Gasteiger partial charge in [0.05, 0.1) is 47.2 Å². The summed E-state index contributed by atoms with van der Waals surface area (Å²) in [6.45, 7) is 0. The van der Waals surface area contributed by atoms with Crippen LogP contribution < -0.4 is 19.9 Å². The zero-order valence-electron chi connectivity index (χ0n) is 19.1. The Kier molecular flexibility index (Phi) is 6.53. The Morgan fingerprint density at radius 1 is 1.11 bits per heavy atom. The number of ether oxygens (including phenoxy) is 2. The van der Waals surface area contributed by atoms with Gasteiger partial charge in [0.2, 0.25) is 10.6 Å². The zero-order chi connectivity index (χ0) is 25.2. The number of nitrogens with zero attached hydrogens (tertiary/aromatic N) is 3. The number of hydrogen-bond donors (Lipinski definition) is 0. The first-order valence-corrected chi connectivity index (χ1v) is 12.3. The highest BCUT2D eigenvalue weighted by Gasteiger charge is 2.26. The highest BCUT2D eigenvalue weighted by Crippen LogP contribution is 2.35. The number of halogens is 1. The molecule has 36 heavy (non-hydrogen) atoms. The van der Waals surface area contributed by atoms with Gasteiger partial charge in [0.25, 0.3) is 5.91 Å². The van der Waals surface area contributed by atoms with Crippen LogP contribution in [0.4, 0.5) is 5.13 Å². The largest absolute Gasteiger partial charge is 0.493 e. The second-order valence-corrected chi connectivity index (χ2v) is 9.45. The third kappa shape index (κ3) is 4.36. The number of aromatic nitrogens is 1. The average Bonchev–Trinajstić information content (AvgIpc) is 3.32. The van der Waals surface area contributed by atoms with Crippen molar-refractivity contribution in [2.24, 2.45) is 5.10 Å². The van der Waals surface area contributed by atoms with E-state index in [9.17, 15) is 9.59 Å². The van der Waals surface area contributed by atoms with Gasteiger partial charge in [-0.25, -0.2) is 4.98 Å². The van der Waals surface area contributed by atoms with E-state index >= 15 is 0 Å². The number of hydrogen-bond acceptors (Lipinski definition) is 8. The first kappa shape index (κ1) is 23.7. The average molecular weight is 564 g/mol. The van der Waals surface area contributed by atoms with E-state index < -0.39 is 5.91 Å². The Morgan fingerprint density at radius 3 is 2.75 bits per heavy atom. The molecule has 0 unspecified atom stereocenters. The first-order chi connectivity index (χ1) is 17.5. The summed E-state index contributed by atoms with van der Waals surface area (Å²) in [5.41, 5.74) is 1.31. The summed E-state index contributed by atoms with van der Waals surface area (Å²) >= 11 is 4.75. The molecule has 3 aromatic carbocycles. The van der Waals surface area contributed by atoms with E-state index in [4.69, 9.17) is 13.9 Å². The van der Waals surface area contributed by atoms with Crippen LogP contribution in [0, 0.1) is 0 Å². The number of benzene rings is 3. The predicted octanol–water partition coefficient (Wildman–Crippen LogP) is 5.86. The molecule has 0 atom stereocenters. The molecule has 5 rings (SSSR count). The van der Waals surface area contributed by atoms with Gasteiger partial charge in [0.1, 0.15) is 11.8 Å². The summed E-state index contributed by atoms with van der Waals surface area (Å²) in [7, 11) is 2.95. The Hall–Kier alpha value is -4.02. The number of rotatable bonds is 6. The zero-order valence-corrected chi connectivity index (χ0v) is 21.5. The van der Waals surface area contributed by atoms with Crippen LogP contribution in [0.1, 0.15) is 15.9 Å². The molecular weight excluding hydrogens is 546 g/mol. The minimum absolute atomic E-state index is 0.188. The van der Waals surface area contributed by atoms with Crippen molar-refractivity contribution in [3.05, 3.63) is 92.7 Å². The van der Waals surface area contributed by atoms with Crippen molar-refractivity contribution in [1.82, 2.24) is 4.98 Å². The van der Waals surface area contributed by atoms with Crippen molar-refractivity contribution in [1.29, 1.82) is 0 Å².